The van der Waals surface area contributed by atoms with Crippen molar-refractivity contribution in [3.05, 3.63) is 23.8 Å². The first kappa shape index (κ1) is 18.0. The van der Waals surface area contributed by atoms with Crippen molar-refractivity contribution in [2.75, 3.05) is 20.2 Å². The normalized spacial score (nSPS) is 25.0. The van der Waals surface area contributed by atoms with Crippen molar-refractivity contribution in [1.29, 1.82) is 0 Å². The van der Waals surface area contributed by atoms with Gasteiger partial charge in [-0.05, 0) is 49.8 Å². The van der Waals surface area contributed by atoms with E-state index < -0.39 is 12.1 Å². The molecular formula is C19H27NO5. The average molecular weight is 349 g/mol. The Morgan fingerprint density at radius 1 is 1.28 bits per heavy atom. The Balaban J connectivity index is 1.83. The molecule has 1 heterocycles. The molecule has 0 radical (unpaired) electrons. The van der Waals surface area contributed by atoms with Crippen LogP contribution in [-0.2, 0) is 9.63 Å². The Morgan fingerprint density at radius 2 is 2.04 bits per heavy atom. The van der Waals surface area contributed by atoms with Gasteiger partial charge in [0.15, 0.2) is 17.6 Å². The summed E-state index contributed by atoms with van der Waals surface area (Å²) in [6.45, 7) is 3.35. The number of hydroxylamine groups is 2. The molecule has 0 amide bonds. The van der Waals surface area contributed by atoms with Crippen LogP contribution in [-0.4, -0.2) is 48.5 Å². The predicted molar refractivity (Wildman–Crippen MR) is 93.0 cm³/mol. The van der Waals surface area contributed by atoms with E-state index in [1.54, 1.807) is 12.2 Å². The van der Waals surface area contributed by atoms with E-state index in [-0.39, 0.29) is 12.0 Å². The van der Waals surface area contributed by atoms with Gasteiger partial charge in [-0.15, -0.1) is 0 Å². The number of hydrogen-bond donors (Lipinski definition) is 1. The molecule has 0 spiro atoms. The summed E-state index contributed by atoms with van der Waals surface area (Å²) >= 11 is 0. The van der Waals surface area contributed by atoms with E-state index >= 15 is 0 Å². The topological polar surface area (TPSA) is 68.2 Å². The Labute approximate surface area is 148 Å². The zero-order valence-corrected chi connectivity index (χ0v) is 14.9. The van der Waals surface area contributed by atoms with Crippen LogP contribution < -0.4 is 9.47 Å². The van der Waals surface area contributed by atoms with Crippen LogP contribution in [0.4, 0.5) is 0 Å². The van der Waals surface area contributed by atoms with Crippen LogP contribution in [0.3, 0.4) is 0 Å². The molecule has 0 aromatic heterocycles. The Morgan fingerprint density at radius 3 is 2.68 bits per heavy atom. The molecule has 2 atom stereocenters. The Bertz CT molecular complexity index is 599. The number of carbonyl (C=O) groups is 1. The standard InChI is InChI=1S/C19H27NO5/c1-3-20-11-10-15(18(25-20)19(21)22)13-8-9-16(23-2)17(12-13)24-14-6-4-5-7-14/h8-9,12,14-15,18H,3-7,10-11H2,1-2H3,(H,21,22)/t15-,18+/m1/s1. The number of carboxylic acid groups (broad SMARTS) is 1. The SMILES string of the molecule is CCN1CC[C@H](c2ccc(OC)c(OC3CCCC3)c2)[C@@H](C(=O)O)O1. The van der Waals surface area contributed by atoms with E-state index in [2.05, 4.69) is 0 Å². The lowest BCUT2D eigenvalue weighted by Gasteiger charge is -2.35. The van der Waals surface area contributed by atoms with Crippen LogP contribution >= 0.6 is 0 Å². The summed E-state index contributed by atoms with van der Waals surface area (Å²) < 4.78 is 11.6. The van der Waals surface area contributed by atoms with E-state index in [1.165, 1.54) is 12.8 Å². The van der Waals surface area contributed by atoms with Crippen molar-refractivity contribution in [3.63, 3.8) is 0 Å². The molecule has 1 saturated heterocycles. The fourth-order valence-electron chi connectivity index (χ4n) is 3.71. The molecular weight excluding hydrogens is 322 g/mol. The highest BCUT2D eigenvalue weighted by Crippen LogP contribution is 2.38. The minimum atomic E-state index is -0.933. The zero-order chi connectivity index (χ0) is 17.8. The summed E-state index contributed by atoms with van der Waals surface area (Å²) in [5.74, 6) is 0.262. The highest BCUT2D eigenvalue weighted by molar-refractivity contribution is 5.74. The Kier molecular flexibility index (Phi) is 5.81. The lowest BCUT2D eigenvalue weighted by molar-refractivity contribution is -0.232. The Hall–Kier alpha value is -1.79. The molecule has 0 unspecified atom stereocenters. The van der Waals surface area contributed by atoms with Gasteiger partial charge in [-0.1, -0.05) is 13.0 Å². The maximum absolute atomic E-state index is 11.7. The van der Waals surface area contributed by atoms with Gasteiger partial charge in [0.25, 0.3) is 0 Å². The zero-order valence-electron chi connectivity index (χ0n) is 14.9. The van der Waals surface area contributed by atoms with Crippen molar-refractivity contribution >= 4 is 5.97 Å². The average Bonchev–Trinajstić information content (AvgIpc) is 3.14. The minimum absolute atomic E-state index is 0.197. The molecule has 3 rings (SSSR count). The van der Waals surface area contributed by atoms with Crippen molar-refractivity contribution in [2.24, 2.45) is 0 Å². The van der Waals surface area contributed by atoms with E-state index in [4.69, 9.17) is 14.3 Å². The molecule has 1 N–H and O–H groups in total. The second kappa shape index (κ2) is 8.06. The molecule has 2 aliphatic rings. The summed E-state index contributed by atoms with van der Waals surface area (Å²) in [5.41, 5.74) is 0.928. The number of hydrogen-bond acceptors (Lipinski definition) is 5. The maximum Gasteiger partial charge on any atom is 0.335 e. The van der Waals surface area contributed by atoms with Crippen molar-refractivity contribution in [3.8, 4) is 11.5 Å². The van der Waals surface area contributed by atoms with Crippen LogP contribution in [0.5, 0.6) is 11.5 Å². The fourth-order valence-corrected chi connectivity index (χ4v) is 3.71. The first-order valence-electron chi connectivity index (χ1n) is 9.11. The summed E-state index contributed by atoms with van der Waals surface area (Å²) in [5, 5.41) is 11.3. The second-order valence-electron chi connectivity index (χ2n) is 6.72. The summed E-state index contributed by atoms with van der Waals surface area (Å²) in [7, 11) is 1.62. The van der Waals surface area contributed by atoms with Crippen LogP contribution in [0, 0.1) is 0 Å². The van der Waals surface area contributed by atoms with Crippen LogP contribution in [0.2, 0.25) is 0 Å². The van der Waals surface area contributed by atoms with E-state index in [1.807, 2.05) is 25.1 Å². The van der Waals surface area contributed by atoms with Gasteiger partial charge in [-0.3, -0.25) is 4.84 Å². The highest BCUT2D eigenvalue weighted by Gasteiger charge is 2.36. The van der Waals surface area contributed by atoms with Crippen molar-refractivity contribution in [1.82, 2.24) is 5.06 Å². The molecule has 6 heteroatoms. The quantitative estimate of drug-likeness (QED) is 0.850. The monoisotopic (exact) mass is 349 g/mol. The predicted octanol–water partition coefficient (Wildman–Crippen LogP) is 3.21. The largest absolute Gasteiger partial charge is 0.493 e. The van der Waals surface area contributed by atoms with Gasteiger partial charge in [0, 0.05) is 19.0 Å². The summed E-state index contributed by atoms with van der Waals surface area (Å²) in [4.78, 5) is 17.3. The summed E-state index contributed by atoms with van der Waals surface area (Å²) in [6.07, 6.45) is 4.58. The molecule has 1 aliphatic heterocycles. The van der Waals surface area contributed by atoms with E-state index in [9.17, 15) is 9.90 Å². The number of carboxylic acids is 1. The van der Waals surface area contributed by atoms with Gasteiger partial charge >= 0.3 is 5.97 Å². The van der Waals surface area contributed by atoms with Crippen LogP contribution in [0.1, 0.15) is 50.5 Å². The molecule has 1 aromatic carbocycles. The van der Waals surface area contributed by atoms with Gasteiger partial charge in [0.05, 0.1) is 13.2 Å². The van der Waals surface area contributed by atoms with Gasteiger partial charge in [-0.25, -0.2) is 4.79 Å². The van der Waals surface area contributed by atoms with Crippen LogP contribution in [0.15, 0.2) is 18.2 Å². The van der Waals surface area contributed by atoms with Crippen molar-refractivity contribution in [2.45, 2.75) is 57.2 Å². The second-order valence-corrected chi connectivity index (χ2v) is 6.72. The minimum Gasteiger partial charge on any atom is -0.493 e. The lowest BCUT2D eigenvalue weighted by Crippen LogP contribution is -2.44. The molecule has 25 heavy (non-hydrogen) atoms. The number of benzene rings is 1. The van der Waals surface area contributed by atoms with E-state index in [0.717, 1.165) is 31.4 Å². The maximum atomic E-state index is 11.7. The number of ether oxygens (including phenoxy) is 2. The van der Waals surface area contributed by atoms with Gasteiger partial charge in [0.2, 0.25) is 0 Å². The molecule has 1 aliphatic carbocycles. The number of rotatable bonds is 6. The third-order valence-corrected chi connectivity index (χ3v) is 5.13. The number of aliphatic carboxylic acids is 1. The third kappa shape index (κ3) is 4.07. The fraction of sp³-hybridized carbons (Fsp3) is 0.632. The van der Waals surface area contributed by atoms with Gasteiger partial charge in [-0.2, -0.15) is 5.06 Å². The lowest BCUT2D eigenvalue weighted by atomic mass is 9.89. The smallest absolute Gasteiger partial charge is 0.335 e. The molecule has 1 saturated carbocycles. The molecule has 2 fully saturated rings. The first-order chi connectivity index (χ1) is 12.1. The van der Waals surface area contributed by atoms with Crippen molar-refractivity contribution < 1.29 is 24.2 Å². The molecule has 1 aromatic rings. The highest BCUT2D eigenvalue weighted by atomic mass is 16.7. The summed E-state index contributed by atoms with van der Waals surface area (Å²) in [6, 6.07) is 5.72. The number of methoxy groups -OCH3 is 1. The molecule has 0 bridgehead atoms. The molecule has 6 nitrogen and oxygen atoms in total. The van der Waals surface area contributed by atoms with Gasteiger partial charge < -0.3 is 14.6 Å². The number of nitrogens with zero attached hydrogens (tertiary/aromatic N) is 1. The van der Waals surface area contributed by atoms with Crippen LogP contribution in [0.25, 0.3) is 0 Å². The first-order valence-corrected chi connectivity index (χ1v) is 9.11. The van der Waals surface area contributed by atoms with E-state index in [0.29, 0.717) is 18.0 Å². The van der Waals surface area contributed by atoms with Gasteiger partial charge in [0.1, 0.15) is 0 Å². The third-order valence-electron chi connectivity index (χ3n) is 5.13. The molecule has 138 valence electrons.